The molecule has 1 amide bonds. The number of hydrogen-bond donors (Lipinski definition) is 1. The molecule has 3 rings (SSSR count). The minimum atomic E-state index is -0.497. The van der Waals surface area contributed by atoms with Gasteiger partial charge in [-0.25, -0.2) is 4.39 Å². The number of carbonyl (C=O) groups excluding carboxylic acids is 1. The molecule has 128 valence electrons. The van der Waals surface area contributed by atoms with Crippen LogP contribution in [0.15, 0.2) is 52.9 Å². The molecular weight excluding hydrogens is 325 g/mol. The van der Waals surface area contributed by atoms with E-state index in [4.69, 9.17) is 9.15 Å². The van der Waals surface area contributed by atoms with E-state index in [1.807, 2.05) is 24.3 Å². The summed E-state index contributed by atoms with van der Waals surface area (Å²) in [6.45, 7) is 0.405. The monoisotopic (exact) mass is 341 g/mol. The third-order valence-corrected chi connectivity index (χ3v) is 3.58. The Hall–Kier alpha value is -3.22. The first-order valence-corrected chi connectivity index (χ1v) is 7.67. The van der Waals surface area contributed by atoms with Gasteiger partial charge in [-0.3, -0.25) is 4.79 Å². The molecule has 0 unspecified atom stereocenters. The van der Waals surface area contributed by atoms with Crippen molar-refractivity contribution in [3.63, 3.8) is 0 Å². The Morgan fingerprint density at radius 3 is 2.64 bits per heavy atom. The van der Waals surface area contributed by atoms with Crippen molar-refractivity contribution < 1.29 is 18.3 Å². The van der Waals surface area contributed by atoms with E-state index in [2.05, 4.69) is 15.5 Å². The molecule has 0 saturated carbocycles. The molecule has 7 heteroatoms. The summed E-state index contributed by atoms with van der Waals surface area (Å²) in [7, 11) is 1.61. The van der Waals surface area contributed by atoms with E-state index in [1.54, 1.807) is 19.2 Å². The highest BCUT2D eigenvalue weighted by Crippen LogP contribution is 2.20. The van der Waals surface area contributed by atoms with E-state index in [-0.39, 0.29) is 17.3 Å². The van der Waals surface area contributed by atoms with Crippen molar-refractivity contribution in [3.05, 3.63) is 65.8 Å². The van der Waals surface area contributed by atoms with Crippen molar-refractivity contribution in [2.45, 2.75) is 6.42 Å². The molecule has 1 aromatic heterocycles. The van der Waals surface area contributed by atoms with Crippen molar-refractivity contribution >= 4 is 5.91 Å². The number of hydrogen-bond acceptors (Lipinski definition) is 5. The molecular formula is C18H16FN3O3. The first-order valence-electron chi connectivity index (χ1n) is 7.67. The molecule has 2 aromatic carbocycles. The van der Waals surface area contributed by atoms with Crippen LogP contribution in [0.2, 0.25) is 0 Å². The molecule has 0 atom stereocenters. The van der Waals surface area contributed by atoms with Gasteiger partial charge in [0.25, 0.3) is 5.89 Å². The van der Waals surface area contributed by atoms with Gasteiger partial charge in [-0.2, -0.15) is 0 Å². The number of aromatic nitrogens is 2. The Balaban J connectivity index is 1.57. The Labute approximate surface area is 143 Å². The van der Waals surface area contributed by atoms with Crippen LogP contribution in [0, 0.1) is 5.82 Å². The average Bonchev–Trinajstić information content (AvgIpc) is 3.12. The fourth-order valence-corrected chi connectivity index (χ4v) is 2.25. The van der Waals surface area contributed by atoms with Gasteiger partial charge in [-0.05, 0) is 36.2 Å². The van der Waals surface area contributed by atoms with E-state index in [0.717, 1.165) is 11.3 Å². The van der Waals surface area contributed by atoms with Gasteiger partial charge in [0.1, 0.15) is 11.6 Å². The molecule has 1 N–H and O–H groups in total. The molecule has 3 aromatic rings. The van der Waals surface area contributed by atoms with Gasteiger partial charge in [0, 0.05) is 6.54 Å². The van der Waals surface area contributed by atoms with Gasteiger partial charge in [0.2, 0.25) is 0 Å². The number of ether oxygens (including phenoxy) is 1. The van der Waals surface area contributed by atoms with Crippen LogP contribution in [0.5, 0.6) is 5.75 Å². The first kappa shape index (κ1) is 16.6. The highest BCUT2D eigenvalue weighted by Gasteiger charge is 2.17. The minimum absolute atomic E-state index is 0.0293. The SMILES string of the molecule is COc1ccc(CCNC(=O)c2nnc(-c3ccccc3F)o2)cc1. The smallest absolute Gasteiger partial charge is 0.308 e. The summed E-state index contributed by atoms with van der Waals surface area (Å²) in [4.78, 5) is 12.0. The molecule has 0 bridgehead atoms. The zero-order valence-electron chi connectivity index (χ0n) is 13.5. The summed E-state index contributed by atoms with van der Waals surface area (Å²) in [5.41, 5.74) is 1.21. The van der Waals surface area contributed by atoms with Crippen molar-refractivity contribution in [2.75, 3.05) is 13.7 Å². The lowest BCUT2D eigenvalue weighted by atomic mass is 10.1. The summed E-state index contributed by atoms with van der Waals surface area (Å²) >= 11 is 0. The number of nitrogens with one attached hydrogen (secondary N) is 1. The number of rotatable bonds is 6. The second-order valence-electron chi connectivity index (χ2n) is 5.25. The number of nitrogens with zero attached hydrogens (tertiary/aromatic N) is 2. The summed E-state index contributed by atoms with van der Waals surface area (Å²) < 4.78 is 24.0. The molecule has 0 aliphatic carbocycles. The Kier molecular flexibility index (Phi) is 5.03. The topological polar surface area (TPSA) is 77.2 Å². The quantitative estimate of drug-likeness (QED) is 0.746. The van der Waals surface area contributed by atoms with Crippen LogP contribution in [0.3, 0.4) is 0 Å². The van der Waals surface area contributed by atoms with Crippen LogP contribution in [0.4, 0.5) is 4.39 Å². The van der Waals surface area contributed by atoms with Crippen molar-refractivity contribution in [3.8, 4) is 17.2 Å². The predicted molar refractivity (Wildman–Crippen MR) is 88.7 cm³/mol. The molecule has 0 radical (unpaired) electrons. The normalized spacial score (nSPS) is 10.5. The summed E-state index contributed by atoms with van der Waals surface area (Å²) in [5, 5.41) is 10.1. The maximum Gasteiger partial charge on any atom is 0.308 e. The fourth-order valence-electron chi connectivity index (χ4n) is 2.25. The van der Waals surface area contributed by atoms with Gasteiger partial charge in [0.05, 0.1) is 12.7 Å². The van der Waals surface area contributed by atoms with Crippen molar-refractivity contribution in [1.29, 1.82) is 0 Å². The zero-order valence-corrected chi connectivity index (χ0v) is 13.5. The van der Waals surface area contributed by atoms with Crippen LogP contribution >= 0.6 is 0 Å². The molecule has 0 aliphatic heterocycles. The lowest BCUT2D eigenvalue weighted by Gasteiger charge is -2.04. The van der Waals surface area contributed by atoms with Crippen molar-refractivity contribution in [1.82, 2.24) is 15.5 Å². The van der Waals surface area contributed by atoms with Crippen molar-refractivity contribution in [2.24, 2.45) is 0 Å². The lowest BCUT2D eigenvalue weighted by Crippen LogP contribution is -2.26. The second kappa shape index (κ2) is 7.57. The summed E-state index contributed by atoms with van der Waals surface area (Å²) in [5.74, 6) is -0.438. The maximum atomic E-state index is 13.7. The zero-order chi connectivity index (χ0) is 17.6. The van der Waals surface area contributed by atoms with Crippen LogP contribution in [0.1, 0.15) is 16.2 Å². The molecule has 0 spiro atoms. The van der Waals surface area contributed by atoms with Crippen LogP contribution in [0.25, 0.3) is 11.5 Å². The number of halogens is 1. The maximum absolute atomic E-state index is 13.7. The van der Waals surface area contributed by atoms with Gasteiger partial charge >= 0.3 is 11.8 Å². The summed E-state index contributed by atoms with van der Waals surface area (Å²) in [6, 6.07) is 13.6. The number of methoxy groups -OCH3 is 1. The number of amides is 1. The Morgan fingerprint density at radius 1 is 1.16 bits per heavy atom. The molecule has 0 fully saturated rings. The largest absolute Gasteiger partial charge is 0.497 e. The average molecular weight is 341 g/mol. The van der Waals surface area contributed by atoms with Crippen LogP contribution < -0.4 is 10.1 Å². The van der Waals surface area contributed by atoms with Gasteiger partial charge in [-0.15, -0.1) is 10.2 Å². The van der Waals surface area contributed by atoms with Gasteiger partial charge in [0.15, 0.2) is 0 Å². The van der Waals surface area contributed by atoms with E-state index in [1.165, 1.54) is 12.1 Å². The summed E-state index contributed by atoms with van der Waals surface area (Å²) in [6.07, 6.45) is 0.643. The molecule has 0 aliphatic rings. The van der Waals surface area contributed by atoms with Crippen LogP contribution in [-0.2, 0) is 6.42 Å². The number of carbonyl (C=O) groups is 1. The molecule has 0 saturated heterocycles. The minimum Gasteiger partial charge on any atom is -0.497 e. The standard InChI is InChI=1S/C18H16FN3O3/c1-24-13-8-6-12(7-9-13)10-11-20-16(23)18-22-21-17(25-18)14-4-2-3-5-15(14)19/h2-9H,10-11H2,1H3,(H,20,23). The predicted octanol–water partition coefficient (Wildman–Crippen LogP) is 2.86. The van der Waals surface area contributed by atoms with E-state index in [0.29, 0.717) is 13.0 Å². The van der Waals surface area contributed by atoms with E-state index in [9.17, 15) is 9.18 Å². The Bertz CT molecular complexity index is 862. The first-order chi connectivity index (χ1) is 12.2. The van der Waals surface area contributed by atoms with E-state index >= 15 is 0 Å². The van der Waals surface area contributed by atoms with Gasteiger partial charge < -0.3 is 14.5 Å². The lowest BCUT2D eigenvalue weighted by molar-refractivity contribution is 0.0920. The highest BCUT2D eigenvalue weighted by molar-refractivity contribution is 5.89. The third kappa shape index (κ3) is 4.00. The van der Waals surface area contributed by atoms with Gasteiger partial charge in [-0.1, -0.05) is 24.3 Å². The fraction of sp³-hybridized carbons (Fsp3) is 0.167. The third-order valence-electron chi connectivity index (χ3n) is 3.58. The second-order valence-corrected chi connectivity index (χ2v) is 5.25. The van der Waals surface area contributed by atoms with E-state index < -0.39 is 11.7 Å². The Morgan fingerprint density at radius 2 is 1.92 bits per heavy atom. The highest BCUT2D eigenvalue weighted by atomic mass is 19.1. The molecule has 6 nitrogen and oxygen atoms in total. The molecule has 25 heavy (non-hydrogen) atoms. The molecule has 1 heterocycles. The van der Waals surface area contributed by atoms with Crippen LogP contribution in [-0.4, -0.2) is 29.8 Å². The number of benzene rings is 2.